The molecule has 2 atom stereocenters. The number of hydrogen-bond acceptors (Lipinski definition) is 2. The van der Waals surface area contributed by atoms with Gasteiger partial charge in [-0.3, -0.25) is 4.79 Å². The van der Waals surface area contributed by atoms with Gasteiger partial charge in [0.1, 0.15) is 0 Å². The number of carbonyl (C=O) groups excluding carboxylic acids is 1. The van der Waals surface area contributed by atoms with Crippen LogP contribution < -0.4 is 10.2 Å². The van der Waals surface area contributed by atoms with Crippen molar-refractivity contribution in [3.05, 3.63) is 29.3 Å². The van der Waals surface area contributed by atoms with E-state index in [1.807, 2.05) is 14.1 Å². The molecule has 21 heavy (non-hydrogen) atoms. The highest BCUT2D eigenvalue weighted by molar-refractivity contribution is 6.00. The Kier molecular flexibility index (Phi) is 4.43. The number of fused-ring (bicyclic) bond motifs is 1. The fraction of sp³-hybridized carbons (Fsp3) is 0.611. The second kappa shape index (κ2) is 5.80. The zero-order chi connectivity index (χ0) is 15.8. The summed E-state index contributed by atoms with van der Waals surface area (Å²) in [4.78, 5) is 13.6. The third kappa shape index (κ3) is 3.29. The zero-order valence-corrected chi connectivity index (χ0v) is 14.2. The molecule has 1 aliphatic heterocycles. The summed E-state index contributed by atoms with van der Waals surface area (Å²) in [7, 11) is 3.87. The molecule has 0 aliphatic carbocycles. The maximum absolute atomic E-state index is 11.8. The molecule has 1 aromatic carbocycles. The highest BCUT2D eigenvalue weighted by Gasteiger charge is 2.27. The summed E-state index contributed by atoms with van der Waals surface area (Å²) in [6.07, 6.45) is 1.63. The van der Waals surface area contributed by atoms with E-state index in [9.17, 15) is 4.79 Å². The molecule has 3 heteroatoms. The van der Waals surface area contributed by atoms with Crippen LogP contribution in [-0.2, 0) is 11.2 Å². The van der Waals surface area contributed by atoms with Crippen LogP contribution in [0.5, 0.6) is 0 Å². The molecule has 0 saturated carbocycles. The number of benzene rings is 1. The van der Waals surface area contributed by atoms with Crippen molar-refractivity contribution < 1.29 is 4.79 Å². The second-order valence-corrected chi connectivity index (χ2v) is 7.36. The molecule has 1 amide bonds. The average Bonchev–Trinajstić information content (AvgIpc) is 2.69. The van der Waals surface area contributed by atoms with Crippen molar-refractivity contribution in [1.29, 1.82) is 0 Å². The van der Waals surface area contributed by atoms with Crippen molar-refractivity contribution in [2.24, 2.45) is 11.3 Å². The fourth-order valence-corrected chi connectivity index (χ4v) is 2.83. The summed E-state index contributed by atoms with van der Waals surface area (Å²) in [5, 5.41) is 3.44. The third-order valence-corrected chi connectivity index (χ3v) is 5.00. The summed E-state index contributed by atoms with van der Waals surface area (Å²) in [5.74, 6) is 0.804. The molecule has 0 spiro atoms. The Morgan fingerprint density at radius 1 is 1.33 bits per heavy atom. The van der Waals surface area contributed by atoms with Gasteiger partial charge in [-0.2, -0.15) is 0 Å². The van der Waals surface area contributed by atoms with E-state index in [0.717, 1.165) is 17.7 Å². The largest absolute Gasteiger partial charge is 0.315 e. The van der Waals surface area contributed by atoms with Crippen molar-refractivity contribution >= 4 is 11.6 Å². The summed E-state index contributed by atoms with van der Waals surface area (Å²) in [6, 6.07) is 6.78. The Labute approximate surface area is 128 Å². The first-order valence-corrected chi connectivity index (χ1v) is 7.80. The number of nitrogens with one attached hydrogen (secondary N) is 1. The highest BCUT2D eigenvalue weighted by atomic mass is 16.2. The Hall–Kier alpha value is -1.35. The molecule has 1 aromatic rings. The summed E-state index contributed by atoms with van der Waals surface area (Å²) >= 11 is 0. The minimum absolute atomic E-state index is 0.186. The SMILES string of the molecule is CNC(CC(C)C(C)(C)C)c1ccc2c(c1)CC(=O)N2C. The van der Waals surface area contributed by atoms with Crippen LogP contribution >= 0.6 is 0 Å². The quantitative estimate of drug-likeness (QED) is 0.919. The van der Waals surface area contributed by atoms with Gasteiger partial charge >= 0.3 is 0 Å². The monoisotopic (exact) mass is 288 g/mol. The van der Waals surface area contributed by atoms with Gasteiger partial charge in [-0.25, -0.2) is 0 Å². The molecule has 116 valence electrons. The van der Waals surface area contributed by atoms with Crippen LogP contribution in [0.1, 0.15) is 51.3 Å². The van der Waals surface area contributed by atoms with Gasteiger partial charge in [-0.15, -0.1) is 0 Å². The number of amides is 1. The van der Waals surface area contributed by atoms with Crippen molar-refractivity contribution in [3.63, 3.8) is 0 Å². The first kappa shape index (κ1) is 16.0. The van der Waals surface area contributed by atoms with Crippen molar-refractivity contribution in [1.82, 2.24) is 5.32 Å². The van der Waals surface area contributed by atoms with Crippen LogP contribution in [0.25, 0.3) is 0 Å². The molecule has 0 bridgehead atoms. The molecule has 2 unspecified atom stereocenters. The second-order valence-electron chi connectivity index (χ2n) is 7.36. The molecule has 3 nitrogen and oxygen atoms in total. The van der Waals surface area contributed by atoms with Crippen molar-refractivity contribution in [2.45, 2.75) is 46.6 Å². The van der Waals surface area contributed by atoms with E-state index < -0.39 is 0 Å². The lowest BCUT2D eigenvalue weighted by atomic mass is 9.77. The predicted molar refractivity (Wildman–Crippen MR) is 88.6 cm³/mol. The Balaban J connectivity index is 2.21. The third-order valence-electron chi connectivity index (χ3n) is 5.00. The summed E-state index contributed by atoms with van der Waals surface area (Å²) in [6.45, 7) is 9.19. The maximum Gasteiger partial charge on any atom is 0.231 e. The minimum atomic E-state index is 0.186. The number of hydrogen-bond donors (Lipinski definition) is 1. The van der Waals surface area contributed by atoms with Gasteiger partial charge in [0.25, 0.3) is 0 Å². The molecule has 0 aromatic heterocycles. The lowest BCUT2D eigenvalue weighted by molar-refractivity contribution is -0.117. The Bertz CT molecular complexity index is 531. The molecule has 2 rings (SSSR count). The van der Waals surface area contributed by atoms with E-state index in [1.165, 1.54) is 5.56 Å². The van der Waals surface area contributed by atoms with E-state index in [2.05, 4.69) is 51.2 Å². The maximum atomic E-state index is 11.8. The molecule has 1 N–H and O–H groups in total. The van der Waals surface area contributed by atoms with Gasteiger partial charge in [0, 0.05) is 18.8 Å². The number of carbonyl (C=O) groups is 1. The van der Waals surface area contributed by atoms with Crippen molar-refractivity contribution in [2.75, 3.05) is 19.0 Å². The lowest BCUT2D eigenvalue weighted by Gasteiger charge is -2.31. The molecule has 0 saturated heterocycles. The fourth-order valence-electron chi connectivity index (χ4n) is 2.83. The molecular formula is C18H28N2O. The van der Waals surface area contributed by atoms with Gasteiger partial charge in [0.15, 0.2) is 0 Å². The van der Waals surface area contributed by atoms with Gasteiger partial charge < -0.3 is 10.2 Å². The van der Waals surface area contributed by atoms with Gasteiger partial charge in [0.2, 0.25) is 5.91 Å². The normalized spacial score (nSPS) is 17.8. The first-order valence-electron chi connectivity index (χ1n) is 7.80. The molecule has 1 heterocycles. The first-order chi connectivity index (χ1) is 9.74. The van der Waals surface area contributed by atoms with E-state index in [4.69, 9.17) is 0 Å². The Morgan fingerprint density at radius 2 is 2.00 bits per heavy atom. The molecule has 0 radical (unpaired) electrons. The highest BCUT2D eigenvalue weighted by Crippen LogP contribution is 2.35. The minimum Gasteiger partial charge on any atom is -0.315 e. The van der Waals surface area contributed by atoms with Gasteiger partial charge in [-0.05, 0) is 42.0 Å². The smallest absolute Gasteiger partial charge is 0.231 e. The van der Waals surface area contributed by atoms with Gasteiger partial charge in [0.05, 0.1) is 6.42 Å². The molecule has 0 fully saturated rings. The molecule has 1 aliphatic rings. The van der Waals surface area contributed by atoms with E-state index in [-0.39, 0.29) is 5.91 Å². The topological polar surface area (TPSA) is 32.3 Å². The van der Waals surface area contributed by atoms with Gasteiger partial charge in [-0.1, -0.05) is 39.8 Å². The number of nitrogens with zero attached hydrogens (tertiary/aromatic N) is 1. The lowest BCUT2D eigenvalue weighted by Crippen LogP contribution is -2.25. The predicted octanol–water partition coefficient (Wildman–Crippen LogP) is 3.54. The van der Waals surface area contributed by atoms with Crippen LogP contribution in [0.2, 0.25) is 0 Å². The van der Waals surface area contributed by atoms with E-state index in [1.54, 1.807) is 4.90 Å². The van der Waals surface area contributed by atoms with Crippen LogP contribution in [-0.4, -0.2) is 20.0 Å². The van der Waals surface area contributed by atoms with Crippen LogP contribution in [0.3, 0.4) is 0 Å². The van der Waals surface area contributed by atoms with E-state index in [0.29, 0.717) is 23.8 Å². The zero-order valence-electron chi connectivity index (χ0n) is 14.2. The Morgan fingerprint density at radius 3 is 2.57 bits per heavy atom. The van der Waals surface area contributed by atoms with Crippen molar-refractivity contribution in [3.8, 4) is 0 Å². The van der Waals surface area contributed by atoms with Crippen LogP contribution in [0.15, 0.2) is 18.2 Å². The molecular weight excluding hydrogens is 260 g/mol. The summed E-state index contributed by atoms with van der Waals surface area (Å²) in [5.41, 5.74) is 3.81. The average molecular weight is 288 g/mol. The number of anilines is 1. The summed E-state index contributed by atoms with van der Waals surface area (Å²) < 4.78 is 0. The number of rotatable bonds is 4. The number of likely N-dealkylation sites (N-methyl/N-ethyl adjacent to an activating group) is 1. The van der Waals surface area contributed by atoms with Crippen LogP contribution in [0, 0.1) is 11.3 Å². The van der Waals surface area contributed by atoms with E-state index >= 15 is 0 Å². The van der Waals surface area contributed by atoms with Crippen LogP contribution in [0.4, 0.5) is 5.69 Å². The standard InChI is InChI=1S/C18H28N2O/c1-12(18(2,3)4)9-15(19-5)13-7-8-16-14(10-13)11-17(21)20(16)6/h7-8,10,12,15,19H,9,11H2,1-6H3.